The van der Waals surface area contributed by atoms with Gasteiger partial charge in [-0.3, -0.25) is 14.4 Å². The number of nitrogens with zero attached hydrogens (tertiary/aromatic N) is 3. The van der Waals surface area contributed by atoms with Crippen LogP contribution in [0.1, 0.15) is 125 Å². The highest BCUT2D eigenvalue weighted by Gasteiger charge is 2.53. The van der Waals surface area contributed by atoms with Gasteiger partial charge in [-0.2, -0.15) is 0 Å². The summed E-state index contributed by atoms with van der Waals surface area (Å²) in [5.74, 6) is -6.17. The first-order valence-corrected chi connectivity index (χ1v) is 24.8. The number of nitrogens with one attached hydrogen (secondary N) is 1. The molecule has 1 aliphatic carbocycles. The molecule has 0 aromatic carbocycles. The standard InChI is InChI=1S/C51H79N5O12/c1-30-14-10-9-11-15-31(2)39(54-44-29-53-68-55-44)28-38-20-17-35(6)51(63,67-38)48(60)49(61)56-23-13-12-16-40(56)50(62)66-42(32(3)25-36-18-21-41(57)43(27-36)64-7)22-19-37(52)26-34(5)46(59)47(65-8)45(58)33(4)24-30/h9-11,14-15,26,29-30,32-33,35-43,46-47,57,59,63H,12-13,16-25,27-28,52H2,1-8H3,(H,54,55)/b11-9+,14-10+,31-15+,34-26+/t30-,32-,33-,35?,36?,37+,38+,39+,40+,41-,42+,43-,46-,47+,51-/m1/s1. The normalized spacial score (nSPS) is 39.1. The van der Waals surface area contributed by atoms with Crippen LogP contribution in [0.3, 0.4) is 0 Å². The number of esters is 1. The highest BCUT2D eigenvalue weighted by molar-refractivity contribution is 6.39. The molecule has 17 nitrogen and oxygen atoms in total. The smallest absolute Gasteiger partial charge is 0.329 e. The molecular formula is C51H79N5O12. The number of hydrogen-bond acceptors (Lipinski definition) is 16. The number of cyclic esters (lactones) is 1. The molecule has 2 saturated heterocycles. The maximum absolute atomic E-state index is 14.4. The van der Waals surface area contributed by atoms with Gasteiger partial charge in [-0.15, -0.1) is 0 Å². The second-order valence-electron chi connectivity index (χ2n) is 20.1. The van der Waals surface area contributed by atoms with Crippen LogP contribution in [-0.4, -0.2) is 135 Å². The van der Waals surface area contributed by atoms with Gasteiger partial charge in [-0.1, -0.05) is 74.9 Å². The summed E-state index contributed by atoms with van der Waals surface area (Å²) in [4.78, 5) is 58.1. The van der Waals surface area contributed by atoms with Gasteiger partial charge in [0.15, 0.2) is 11.6 Å². The second kappa shape index (κ2) is 25.7. The molecule has 15 atom stereocenters. The number of aromatic nitrogens is 2. The van der Waals surface area contributed by atoms with Gasteiger partial charge < -0.3 is 50.2 Å². The molecule has 2 bridgehead atoms. The van der Waals surface area contributed by atoms with E-state index in [4.69, 9.17) is 29.3 Å². The van der Waals surface area contributed by atoms with E-state index in [0.717, 1.165) is 12.0 Å². The van der Waals surface area contributed by atoms with E-state index in [2.05, 4.69) is 15.6 Å². The summed E-state index contributed by atoms with van der Waals surface area (Å²) in [5, 5.41) is 45.0. The summed E-state index contributed by atoms with van der Waals surface area (Å²) < 4.78 is 28.7. The summed E-state index contributed by atoms with van der Waals surface area (Å²) >= 11 is 0. The SMILES string of the molecule is CO[C@@H]1CC(C[C@@H](C)[C@@H]2CC[C@H](N)/C=C(\C)[C@@H](O)[C@@H](OC)C(=O)[C@H](C)C[C@H](C)/C=C/C=C/C=C(\C)[C@@H](Nc3cnon3)C[C@@H]3CCC(C)[C@@](O)(O3)C(=O)C(=O)N3CCCC[C@H]3C(=O)O2)CC[C@H]1O. The molecule has 380 valence electrons. The first-order chi connectivity index (χ1) is 32.4. The average Bonchev–Trinajstić information content (AvgIpc) is 3.84. The Kier molecular flexibility index (Phi) is 20.7. The van der Waals surface area contributed by atoms with Crippen LogP contribution in [0.15, 0.2) is 58.4 Å². The van der Waals surface area contributed by atoms with Crippen molar-refractivity contribution in [2.45, 2.75) is 186 Å². The van der Waals surface area contributed by atoms with Crippen molar-refractivity contribution in [3.05, 3.63) is 53.8 Å². The summed E-state index contributed by atoms with van der Waals surface area (Å²) in [5.41, 5.74) is 8.03. The minimum Gasteiger partial charge on any atom is -0.461 e. The molecule has 1 saturated carbocycles. The molecule has 6 N–H and O–H groups in total. The van der Waals surface area contributed by atoms with Gasteiger partial charge in [-0.05, 0) is 126 Å². The molecule has 1 aromatic rings. The Morgan fingerprint density at radius 1 is 0.926 bits per heavy atom. The number of anilines is 1. The molecule has 17 heteroatoms. The number of ether oxygens (including phenoxy) is 4. The van der Waals surface area contributed by atoms with Gasteiger partial charge in [0.05, 0.1) is 24.4 Å². The van der Waals surface area contributed by atoms with E-state index < -0.39 is 83.9 Å². The summed E-state index contributed by atoms with van der Waals surface area (Å²) in [7, 11) is 3.00. The number of fused-ring (bicyclic) bond motifs is 3. The molecule has 0 spiro atoms. The van der Waals surface area contributed by atoms with Gasteiger partial charge >= 0.3 is 5.97 Å². The molecule has 3 fully saturated rings. The number of aliphatic hydroxyl groups excluding tert-OH is 2. The number of Topliss-reactive ketones (excluding diaryl/α,β-unsaturated/α-hetero) is 2. The Morgan fingerprint density at radius 2 is 1.69 bits per heavy atom. The zero-order valence-corrected chi connectivity index (χ0v) is 41.5. The number of carbonyl (C=O) groups is 4. The van der Waals surface area contributed by atoms with Crippen LogP contribution in [0.2, 0.25) is 0 Å². The third kappa shape index (κ3) is 14.5. The lowest BCUT2D eigenvalue weighted by Crippen LogP contribution is -2.61. The van der Waals surface area contributed by atoms with E-state index in [1.807, 2.05) is 58.1 Å². The topological polar surface area (TPSA) is 246 Å². The number of nitrogens with two attached hydrogens (primary N) is 1. The quantitative estimate of drug-likeness (QED) is 0.128. The Labute approximate surface area is 402 Å². The maximum Gasteiger partial charge on any atom is 0.329 e. The van der Waals surface area contributed by atoms with Crippen molar-refractivity contribution < 1.29 is 58.1 Å². The summed E-state index contributed by atoms with van der Waals surface area (Å²) in [6, 6.07) is -2.07. The number of amides is 1. The van der Waals surface area contributed by atoms with Crippen LogP contribution in [0.4, 0.5) is 5.82 Å². The van der Waals surface area contributed by atoms with E-state index in [0.29, 0.717) is 82.0 Å². The van der Waals surface area contributed by atoms with Crippen molar-refractivity contribution in [1.29, 1.82) is 0 Å². The first kappa shape index (κ1) is 54.8. The number of methoxy groups -OCH3 is 2. The zero-order chi connectivity index (χ0) is 49.7. The zero-order valence-electron chi connectivity index (χ0n) is 41.5. The predicted octanol–water partition coefficient (Wildman–Crippen LogP) is 5.54. The molecule has 2 unspecified atom stereocenters. The number of ketones is 2. The van der Waals surface area contributed by atoms with Crippen LogP contribution in [0, 0.1) is 29.6 Å². The first-order valence-electron chi connectivity index (χ1n) is 24.8. The monoisotopic (exact) mass is 954 g/mol. The molecule has 1 aromatic heterocycles. The van der Waals surface area contributed by atoms with Crippen molar-refractivity contribution in [3.8, 4) is 0 Å². The van der Waals surface area contributed by atoms with Crippen LogP contribution in [0.5, 0.6) is 0 Å². The third-order valence-electron chi connectivity index (χ3n) is 14.8. The lowest BCUT2D eigenvalue weighted by atomic mass is 9.78. The molecular weight excluding hydrogens is 875 g/mol. The molecule has 4 aliphatic rings. The van der Waals surface area contributed by atoms with Gasteiger partial charge in [0.2, 0.25) is 5.79 Å². The number of hydrogen-bond donors (Lipinski definition) is 5. The number of rotatable bonds is 7. The van der Waals surface area contributed by atoms with Gasteiger partial charge in [0, 0.05) is 38.6 Å². The van der Waals surface area contributed by atoms with E-state index in [1.165, 1.54) is 18.2 Å². The largest absolute Gasteiger partial charge is 0.461 e. The van der Waals surface area contributed by atoms with Gasteiger partial charge in [-0.25, -0.2) is 9.42 Å². The van der Waals surface area contributed by atoms with Crippen LogP contribution >= 0.6 is 0 Å². The van der Waals surface area contributed by atoms with Crippen molar-refractivity contribution in [1.82, 2.24) is 15.2 Å². The molecule has 68 heavy (non-hydrogen) atoms. The number of carbonyl (C=O) groups excluding carboxylic acids is 4. The summed E-state index contributed by atoms with van der Waals surface area (Å²) in [6.45, 7) is 11.3. The highest BCUT2D eigenvalue weighted by Crippen LogP contribution is 2.38. The minimum absolute atomic E-state index is 0.0176. The second-order valence-corrected chi connectivity index (χ2v) is 20.1. The average molecular weight is 954 g/mol. The molecule has 1 amide bonds. The Balaban J connectivity index is 1.46. The van der Waals surface area contributed by atoms with Crippen molar-refractivity contribution >= 4 is 29.3 Å². The summed E-state index contributed by atoms with van der Waals surface area (Å²) in [6.07, 6.45) is 14.8. The fourth-order valence-electron chi connectivity index (χ4n) is 10.5. The minimum atomic E-state index is -2.45. The van der Waals surface area contributed by atoms with Gasteiger partial charge in [0.25, 0.3) is 11.7 Å². The lowest BCUT2D eigenvalue weighted by Gasteiger charge is -2.43. The number of aliphatic hydroxyl groups is 3. The van der Waals surface area contributed by atoms with Gasteiger partial charge in [0.1, 0.15) is 30.6 Å². The Morgan fingerprint density at radius 3 is 2.40 bits per heavy atom. The van der Waals surface area contributed by atoms with Crippen LogP contribution < -0.4 is 11.1 Å². The predicted molar refractivity (Wildman–Crippen MR) is 254 cm³/mol. The fourth-order valence-corrected chi connectivity index (χ4v) is 10.5. The van der Waals surface area contributed by atoms with E-state index in [1.54, 1.807) is 27.0 Å². The molecule has 4 heterocycles. The van der Waals surface area contributed by atoms with Crippen molar-refractivity contribution in [3.63, 3.8) is 0 Å². The van der Waals surface area contributed by atoms with E-state index in [-0.39, 0.29) is 42.6 Å². The van der Waals surface area contributed by atoms with Crippen LogP contribution in [0.25, 0.3) is 0 Å². The maximum atomic E-state index is 14.4. The molecule has 5 rings (SSSR count). The molecule has 0 radical (unpaired) electrons. The Hall–Kier alpha value is -4.10. The van der Waals surface area contributed by atoms with Crippen molar-refractivity contribution in [2.24, 2.45) is 35.3 Å². The van der Waals surface area contributed by atoms with E-state index >= 15 is 0 Å². The molecule has 3 aliphatic heterocycles. The number of allylic oxidation sites excluding steroid dienone is 5. The number of piperidine rings is 1. The Bertz CT molecular complexity index is 1940. The lowest BCUT2D eigenvalue weighted by molar-refractivity contribution is -0.263. The highest BCUT2D eigenvalue weighted by atomic mass is 16.6. The van der Waals surface area contributed by atoms with Crippen molar-refractivity contribution in [2.75, 3.05) is 26.1 Å². The third-order valence-corrected chi connectivity index (χ3v) is 14.8. The van der Waals surface area contributed by atoms with E-state index in [9.17, 15) is 34.5 Å². The fraction of sp³-hybridized carbons (Fsp3) is 0.725. The van der Waals surface area contributed by atoms with Crippen LogP contribution in [-0.2, 0) is 38.1 Å².